The van der Waals surface area contributed by atoms with E-state index in [-0.39, 0.29) is 6.61 Å². The zero-order valence-corrected chi connectivity index (χ0v) is 12.5. The highest BCUT2D eigenvalue weighted by Gasteiger charge is 2.06. The fourth-order valence-electron chi connectivity index (χ4n) is 1.71. The molecule has 2 aromatic carbocycles. The van der Waals surface area contributed by atoms with Gasteiger partial charge in [-0.05, 0) is 35.9 Å². The van der Waals surface area contributed by atoms with Crippen molar-refractivity contribution in [1.82, 2.24) is 5.43 Å². The van der Waals surface area contributed by atoms with Gasteiger partial charge in [0, 0.05) is 10.6 Å². The summed E-state index contributed by atoms with van der Waals surface area (Å²) in [5.74, 6) is -1.48. The number of nitrogens with zero attached hydrogens (tertiary/aromatic N) is 1. The highest BCUT2D eigenvalue weighted by molar-refractivity contribution is 6.30. The normalized spacial score (nSPS) is 10.7. The number of carbonyl (C=O) groups is 1. The van der Waals surface area contributed by atoms with Crippen LogP contribution in [-0.4, -0.2) is 12.2 Å². The number of urea groups is 1. The van der Waals surface area contributed by atoms with Gasteiger partial charge >= 0.3 is 6.03 Å². The average molecular weight is 340 g/mol. The van der Waals surface area contributed by atoms with Gasteiger partial charge in [0.15, 0.2) is 11.6 Å². The van der Waals surface area contributed by atoms with Gasteiger partial charge in [0.05, 0.1) is 6.21 Å². The highest BCUT2D eigenvalue weighted by Crippen LogP contribution is 2.22. The Morgan fingerprint density at radius 2 is 2.04 bits per heavy atom. The van der Waals surface area contributed by atoms with Gasteiger partial charge in [-0.15, -0.1) is 0 Å². The molecule has 0 saturated carbocycles. The van der Waals surface area contributed by atoms with Crippen molar-refractivity contribution < 1.29 is 18.3 Å². The number of amides is 2. The van der Waals surface area contributed by atoms with Crippen LogP contribution in [-0.2, 0) is 6.61 Å². The molecule has 0 spiro atoms. The van der Waals surface area contributed by atoms with Crippen LogP contribution in [0.15, 0.2) is 41.5 Å². The van der Waals surface area contributed by atoms with Gasteiger partial charge in [-0.3, -0.25) is 0 Å². The number of benzene rings is 2. The lowest BCUT2D eigenvalue weighted by molar-refractivity contribution is 0.249. The molecule has 0 fully saturated rings. The fraction of sp³-hybridized carbons (Fsp3) is 0.0667. The third-order valence-electron chi connectivity index (χ3n) is 2.73. The number of rotatable bonds is 5. The molecule has 0 atom stereocenters. The first-order chi connectivity index (χ1) is 11.0. The highest BCUT2D eigenvalue weighted by atomic mass is 35.5. The van der Waals surface area contributed by atoms with Crippen LogP contribution in [0.4, 0.5) is 13.6 Å². The first-order valence-corrected chi connectivity index (χ1v) is 6.78. The standard InChI is InChI=1S/C15H12ClF2N3O2/c16-11-2-4-14(10(6-11)7-20-21-15(19)22)23-8-9-1-3-12(17)13(18)5-9/h1-7H,8H2,(H3,19,21,22). The maximum atomic E-state index is 13.2. The number of carbonyl (C=O) groups excluding carboxylic acids is 1. The molecule has 0 aliphatic heterocycles. The van der Waals surface area contributed by atoms with Crippen molar-refractivity contribution in [3.8, 4) is 5.75 Å². The molecule has 0 saturated heterocycles. The molecule has 0 bridgehead atoms. The minimum absolute atomic E-state index is 0.0168. The number of primary amides is 1. The summed E-state index contributed by atoms with van der Waals surface area (Å²) in [5, 5.41) is 4.06. The molecule has 2 amide bonds. The van der Waals surface area contributed by atoms with Gasteiger partial charge in [0.25, 0.3) is 0 Å². The molecule has 0 aromatic heterocycles. The Balaban J connectivity index is 2.13. The van der Waals surface area contributed by atoms with E-state index >= 15 is 0 Å². The van der Waals surface area contributed by atoms with Crippen LogP contribution in [0.3, 0.4) is 0 Å². The number of nitrogens with one attached hydrogen (secondary N) is 1. The molecule has 5 nitrogen and oxygen atoms in total. The lowest BCUT2D eigenvalue weighted by Gasteiger charge is -2.10. The third-order valence-corrected chi connectivity index (χ3v) is 2.96. The predicted octanol–water partition coefficient (Wildman–Crippen LogP) is 3.20. The molecule has 23 heavy (non-hydrogen) atoms. The van der Waals surface area contributed by atoms with Crippen LogP contribution in [0.5, 0.6) is 5.75 Å². The lowest BCUT2D eigenvalue weighted by atomic mass is 10.2. The number of halogens is 3. The molecule has 0 aliphatic carbocycles. The molecule has 2 aromatic rings. The largest absolute Gasteiger partial charge is 0.488 e. The van der Waals surface area contributed by atoms with Gasteiger partial charge in [0.1, 0.15) is 12.4 Å². The van der Waals surface area contributed by atoms with E-state index in [0.29, 0.717) is 21.9 Å². The zero-order chi connectivity index (χ0) is 16.8. The maximum absolute atomic E-state index is 13.2. The Labute approximate surface area is 135 Å². The molecule has 0 radical (unpaired) electrons. The summed E-state index contributed by atoms with van der Waals surface area (Å²) >= 11 is 5.89. The summed E-state index contributed by atoms with van der Waals surface area (Å²) in [6.45, 7) is 0.0168. The smallest absolute Gasteiger partial charge is 0.332 e. The van der Waals surface area contributed by atoms with E-state index < -0.39 is 17.7 Å². The van der Waals surface area contributed by atoms with Gasteiger partial charge in [-0.1, -0.05) is 17.7 Å². The molecule has 0 heterocycles. The molecule has 120 valence electrons. The Hall–Kier alpha value is -2.67. The van der Waals surface area contributed by atoms with Gasteiger partial charge in [-0.2, -0.15) is 5.10 Å². The van der Waals surface area contributed by atoms with Crippen LogP contribution in [0, 0.1) is 11.6 Å². The van der Waals surface area contributed by atoms with Crippen molar-refractivity contribution >= 4 is 23.8 Å². The second-order valence-corrected chi connectivity index (χ2v) is 4.89. The van der Waals surface area contributed by atoms with E-state index in [1.807, 2.05) is 5.43 Å². The molecular weight excluding hydrogens is 328 g/mol. The SMILES string of the molecule is NC(=O)NN=Cc1cc(Cl)ccc1OCc1ccc(F)c(F)c1. The van der Waals surface area contributed by atoms with E-state index in [4.69, 9.17) is 22.1 Å². The summed E-state index contributed by atoms with van der Waals surface area (Å²) in [5.41, 5.74) is 7.88. The summed E-state index contributed by atoms with van der Waals surface area (Å²) in [7, 11) is 0. The van der Waals surface area contributed by atoms with Crippen molar-refractivity contribution in [3.05, 3.63) is 64.2 Å². The van der Waals surface area contributed by atoms with E-state index in [2.05, 4.69) is 5.10 Å². The van der Waals surface area contributed by atoms with Crippen molar-refractivity contribution in [1.29, 1.82) is 0 Å². The number of ether oxygens (including phenoxy) is 1. The van der Waals surface area contributed by atoms with Crippen molar-refractivity contribution in [2.24, 2.45) is 10.8 Å². The molecule has 8 heteroatoms. The van der Waals surface area contributed by atoms with Gasteiger partial charge in [0.2, 0.25) is 0 Å². The average Bonchev–Trinajstić information content (AvgIpc) is 2.49. The van der Waals surface area contributed by atoms with Crippen molar-refractivity contribution in [2.45, 2.75) is 6.61 Å². The van der Waals surface area contributed by atoms with E-state index in [9.17, 15) is 13.6 Å². The van der Waals surface area contributed by atoms with E-state index in [0.717, 1.165) is 12.1 Å². The van der Waals surface area contributed by atoms with Crippen LogP contribution in [0.2, 0.25) is 5.02 Å². The number of hydrogen-bond acceptors (Lipinski definition) is 3. The third kappa shape index (κ3) is 4.93. The Kier molecular flexibility index (Phi) is 5.48. The second-order valence-electron chi connectivity index (χ2n) is 4.45. The summed E-state index contributed by atoms with van der Waals surface area (Å²) < 4.78 is 31.6. The minimum Gasteiger partial charge on any atom is -0.488 e. The van der Waals surface area contributed by atoms with Gasteiger partial charge in [-0.25, -0.2) is 19.0 Å². The van der Waals surface area contributed by atoms with Gasteiger partial charge < -0.3 is 10.5 Å². The molecule has 0 aliphatic rings. The predicted molar refractivity (Wildman–Crippen MR) is 82.5 cm³/mol. The van der Waals surface area contributed by atoms with Crippen LogP contribution in [0.1, 0.15) is 11.1 Å². The Morgan fingerprint density at radius 1 is 1.26 bits per heavy atom. The summed E-state index contributed by atoms with van der Waals surface area (Å²) in [6.07, 6.45) is 1.30. The van der Waals surface area contributed by atoms with Crippen LogP contribution < -0.4 is 15.9 Å². The summed E-state index contributed by atoms with van der Waals surface area (Å²) in [6, 6.07) is 7.43. The topological polar surface area (TPSA) is 76.7 Å². The number of hydrogen-bond donors (Lipinski definition) is 2. The Morgan fingerprint density at radius 3 is 2.74 bits per heavy atom. The van der Waals surface area contributed by atoms with E-state index in [1.54, 1.807) is 18.2 Å². The molecule has 0 unspecified atom stereocenters. The quantitative estimate of drug-likeness (QED) is 0.648. The molecular formula is C15H12ClF2N3O2. The number of hydrazone groups is 1. The lowest BCUT2D eigenvalue weighted by Crippen LogP contribution is -2.24. The van der Waals surface area contributed by atoms with Crippen molar-refractivity contribution in [3.63, 3.8) is 0 Å². The van der Waals surface area contributed by atoms with E-state index in [1.165, 1.54) is 12.3 Å². The van der Waals surface area contributed by atoms with Crippen LogP contribution in [0.25, 0.3) is 0 Å². The van der Waals surface area contributed by atoms with Crippen LogP contribution >= 0.6 is 11.6 Å². The summed E-state index contributed by atoms with van der Waals surface area (Å²) in [4.78, 5) is 10.6. The molecule has 2 rings (SSSR count). The monoisotopic (exact) mass is 339 g/mol. The zero-order valence-electron chi connectivity index (χ0n) is 11.7. The first kappa shape index (κ1) is 16.7. The minimum atomic E-state index is -0.949. The first-order valence-electron chi connectivity index (χ1n) is 6.40. The van der Waals surface area contributed by atoms with Crippen molar-refractivity contribution in [2.75, 3.05) is 0 Å². The Bertz CT molecular complexity index is 753. The second kappa shape index (κ2) is 7.55. The fourth-order valence-corrected chi connectivity index (χ4v) is 1.89. The number of nitrogens with two attached hydrogens (primary N) is 1. The maximum Gasteiger partial charge on any atom is 0.332 e. The molecule has 3 N–H and O–H groups in total.